The predicted octanol–water partition coefficient (Wildman–Crippen LogP) is 5.84. The van der Waals surface area contributed by atoms with Crippen molar-refractivity contribution in [2.75, 3.05) is 0 Å². The van der Waals surface area contributed by atoms with E-state index in [1.807, 2.05) is 18.2 Å². The van der Waals surface area contributed by atoms with Crippen molar-refractivity contribution in [2.24, 2.45) is 5.41 Å². The molecule has 0 aliphatic carbocycles. The van der Waals surface area contributed by atoms with Crippen molar-refractivity contribution in [1.29, 1.82) is 0 Å². The summed E-state index contributed by atoms with van der Waals surface area (Å²) < 4.78 is 0. The van der Waals surface area contributed by atoms with Gasteiger partial charge in [0.05, 0.1) is 0 Å². The van der Waals surface area contributed by atoms with Gasteiger partial charge in [0.2, 0.25) is 0 Å². The maximum atomic E-state index is 3.85. The minimum Gasteiger partial charge on any atom is -0.103 e. The van der Waals surface area contributed by atoms with E-state index in [0.29, 0.717) is 5.41 Å². The molecule has 96 valence electrons. The topological polar surface area (TPSA) is 0 Å². The molecule has 0 heterocycles. The lowest BCUT2D eigenvalue weighted by Gasteiger charge is -2.32. The van der Waals surface area contributed by atoms with E-state index in [2.05, 4.69) is 38.8 Å². The van der Waals surface area contributed by atoms with Crippen LogP contribution in [0.5, 0.6) is 0 Å². The van der Waals surface area contributed by atoms with Crippen molar-refractivity contribution < 1.29 is 0 Å². The number of hydrogen-bond donors (Lipinski definition) is 0. The van der Waals surface area contributed by atoms with E-state index in [0.717, 1.165) is 19.3 Å². The molecule has 0 aliphatic rings. The van der Waals surface area contributed by atoms with Crippen LogP contribution in [0.4, 0.5) is 0 Å². The number of rotatable bonds is 11. The third-order valence-corrected chi connectivity index (χ3v) is 3.42. The van der Waals surface area contributed by atoms with Gasteiger partial charge in [0, 0.05) is 0 Å². The molecule has 0 heteroatoms. The zero-order valence-corrected chi connectivity index (χ0v) is 11.5. The Bertz CT molecular complexity index is 213. The Labute approximate surface area is 108 Å². The van der Waals surface area contributed by atoms with E-state index in [9.17, 15) is 0 Å². The molecule has 0 saturated carbocycles. The largest absolute Gasteiger partial charge is 0.103 e. The van der Waals surface area contributed by atoms with E-state index >= 15 is 0 Å². The smallest absolute Gasteiger partial charge is 0.0254 e. The highest BCUT2D eigenvalue weighted by Crippen LogP contribution is 2.39. The van der Waals surface area contributed by atoms with Gasteiger partial charge in [-0.3, -0.25) is 0 Å². The summed E-state index contributed by atoms with van der Waals surface area (Å²) in [5.74, 6) is 0. The van der Waals surface area contributed by atoms with Gasteiger partial charge >= 0.3 is 0 Å². The lowest BCUT2D eigenvalue weighted by atomic mass is 9.72. The van der Waals surface area contributed by atoms with E-state index in [4.69, 9.17) is 0 Å². The normalized spacial score (nSPS) is 11.6. The quantitative estimate of drug-likeness (QED) is 0.393. The molecule has 0 nitrogen and oxygen atoms in total. The molecule has 0 atom stereocenters. The molecule has 0 rings (SSSR count). The molecule has 0 N–H and O–H groups in total. The first kappa shape index (κ1) is 16.0. The second kappa shape index (κ2) is 10.1. The summed E-state index contributed by atoms with van der Waals surface area (Å²) in [5.41, 5.74) is 0.406. The minimum absolute atomic E-state index is 0.406. The van der Waals surface area contributed by atoms with E-state index in [-0.39, 0.29) is 0 Å². The van der Waals surface area contributed by atoms with Crippen LogP contribution in [-0.2, 0) is 0 Å². The molecule has 0 aliphatic heterocycles. The Morgan fingerprint density at radius 1 is 0.824 bits per heavy atom. The molecule has 0 saturated heterocycles. The molecule has 0 amide bonds. The van der Waals surface area contributed by atoms with Crippen molar-refractivity contribution in [3.63, 3.8) is 0 Å². The van der Waals surface area contributed by atoms with E-state index in [1.54, 1.807) is 0 Å². The van der Waals surface area contributed by atoms with Crippen molar-refractivity contribution in [2.45, 2.75) is 51.9 Å². The summed E-state index contributed by atoms with van der Waals surface area (Å²) in [5, 5.41) is 0. The highest BCUT2D eigenvalue weighted by molar-refractivity contribution is 4.93. The van der Waals surface area contributed by atoms with Crippen LogP contribution in [0.1, 0.15) is 51.9 Å². The highest BCUT2D eigenvalue weighted by Gasteiger charge is 2.26. The van der Waals surface area contributed by atoms with Gasteiger partial charge in [0.15, 0.2) is 0 Å². The van der Waals surface area contributed by atoms with Crippen LogP contribution in [0.2, 0.25) is 0 Å². The molecule has 0 spiro atoms. The van der Waals surface area contributed by atoms with Gasteiger partial charge in [-0.15, -0.1) is 19.7 Å². The highest BCUT2D eigenvalue weighted by atomic mass is 14.3. The molecule has 0 aromatic heterocycles. The minimum atomic E-state index is 0.406. The Balaban J connectivity index is 4.66. The van der Waals surface area contributed by atoms with Crippen LogP contribution < -0.4 is 0 Å². The lowest BCUT2D eigenvalue weighted by molar-refractivity contribution is 0.226. The van der Waals surface area contributed by atoms with Crippen molar-refractivity contribution >= 4 is 0 Å². The second-order valence-electron chi connectivity index (χ2n) is 4.76. The first-order chi connectivity index (χ1) is 8.24. The average Bonchev–Trinajstić information content (AvgIpc) is 2.37. The van der Waals surface area contributed by atoms with Crippen molar-refractivity contribution in [3.05, 3.63) is 50.1 Å². The fourth-order valence-electron chi connectivity index (χ4n) is 2.27. The van der Waals surface area contributed by atoms with E-state index in [1.165, 1.54) is 25.7 Å². The van der Waals surface area contributed by atoms with Crippen LogP contribution >= 0.6 is 0 Å². The molecular formula is C17H28. The predicted molar refractivity (Wildman–Crippen MR) is 80.2 cm³/mol. The first-order valence-electron chi connectivity index (χ1n) is 6.68. The van der Waals surface area contributed by atoms with Crippen molar-refractivity contribution in [1.82, 2.24) is 0 Å². The van der Waals surface area contributed by atoms with Crippen LogP contribution in [-0.4, -0.2) is 0 Å². The molecule has 0 bridgehead atoms. The summed E-state index contributed by atoms with van der Waals surface area (Å²) in [6.07, 6.45) is 18.7. The van der Waals surface area contributed by atoms with Crippen LogP contribution in [0.3, 0.4) is 0 Å². The van der Waals surface area contributed by atoms with Gasteiger partial charge in [-0.2, -0.15) is 0 Å². The molecule has 0 fully saturated rings. The maximum absolute atomic E-state index is 3.85. The first-order valence-corrected chi connectivity index (χ1v) is 6.68. The number of allylic oxidation sites excluding steroid dienone is 5. The van der Waals surface area contributed by atoms with Gasteiger partial charge < -0.3 is 0 Å². The fraction of sp³-hybridized carbons (Fsp3) is 0.529. The lowest BCUT2D eigenvalue weighted by Crippen LogP contribution is -2.20. The van der Waals surface area contributed by atoms with Crippen LogP contribution in [0.15, 0.2) is 50.1 Å². The van der Waals surface area contributed by atoms with Gasteiger partial charge in [-0.05, 0) is 57.3 Å². The third kappa shape index (κ3) is 6.99. The molecule has 0 radical (unpaired) electrons. The summed E-state index contributed by atoms with van der Waals surface area (Å²) in [6, 6.07) is 0. The zero-order valence-electron chi connectivity index (χ0n) is 11.5. The standard InChI is InChI=1S/C17H28/c1-5-9-13-17(14-10-6-2,15-11-7-3)16-12-8-4/h5-8,12H,1-3,9-11,13-16H2,4H3/b12-8+. The number of hydrogen-bond acceptors (Lipinski definition) is 0. The molecule has 0 aromatic carbocycles. The monoisotopic (exact) mass is 232 g/mol. The average molecular weight is 232 g/mol. The third-order valence-electron chi connectivity index (χ3n) is 3.42. The maximum Gasteiger partial charge on any atom is -0.0254 e. The summed E-state index contributed by atoms with van der Waals surface area (Å²) in [4.78, 5) is 0. The van der Waals surface area contributed by atoms with Crippen LogP contribution in [0.25, 0.3) is 0 Å². The zero-order chi connectivity index (χ0) is 13.0. The molecule has 0 unspecified atom stereocenters. The Kier molecular flexibility index (Phi) is 9.52. The van der Waals surface area contributed by atoms with E-state index < -0.39 is 0 Å². The molecule has 17 heavy (non-hydrogen) atoms. The molecular weight excluding hydrogens is 204 g/mol. The fourth-order valence-corrected chi connectivity index (χ4v) is 2.27. The van der Waals surface area contributed by atoms with Gasteiger partial charge in [-0.25, -0.2) is 0 Å². The molecule has 0 aromatic rings. The summed E-state index contributed by atoms with van der Waals surface area (Å²) >= 11 is 0. The van der Waals surface area contributed by atoms with Gasteiger partial charge in [0.25, 0.3) is 0 Å². The summed E-state index contributed by atoms with van der Waals surface area (Å²) in [7, 11) is 0. The Morgan fingerprint density at radius 2 is 1.24 bits per heavy atom. The van der Waals surface area contributed by atoms with Gasteiger partial charge in [0.1, 0.15) is 0 Å². The second-order valence-corrected chi connectivity index (χ2v) is 4.76. The summed E-state index contributed by atoms with van der Waals surface area (Å²) in [6.45, 7) is 13.6. The van der Waals surface area contributed by atoms with Gasteiger partial charge in [-0.1, -0.05) is 30.4 Å². The Hall–Kier alpha value is -1.04. The SMILES string of the molecule is C=CCCC(C/C=C/C)(CCC=C)CCC=C. The van der Waals surface area contributed by atoms with Crippen molar-refractivity contribution in [3.8, 4) is 0 Å². The Morgan fingerprint density at radius 3 is 1.53 bits per heavy atom. The van der Waals surface area contributed by atoms with Crippen LogP contribution in [0, 0.1) is 5.41 Å².